The molecule has 3 heterocycles. The minimum atomic E-state index is 0.648. The van der Waals surface area contributed by atoms with Gasteiger partial charge in [-0.15, -0.1) is 0 Å². The third-order valence-corrected chi connectivity index (χ3v) is 5.20. The summed E-state index contributed by atoms with van der Waals surface area (Å²) in [6.45, 7) is 3.45. The number of rotatable bonds is 6. The summed E-state index contributed by atoms with van der Waals surface area (Å²) in [5.41, 5.74) is 3.22. The zero-order chi connectivity index (χ0) is 17.8. The molecule has 136 valence electrons. The van der Waals surface area contributed by atoms with E-state index in [0.29, 0.717) is 6.61 Å². The van der Waals surface area contributed by atoms with Crippen LogP contribution in [0.25, 0.3) is 11.2 Å². The second-order valence-electron chi connectivity index (χ2n) is 6.92. The summed E-state index contributed by atoms with van der Waals surface area (Å²) in [6.07, 6.45) is 7.03. The molecule has 0 atom stereocenters. The standard InChI is InChI=1S/C20H25N5O/c1-26-12-11-25-15-23-18-19(21-14-22-20(18)25)24-9-7-17(8-10-24)13-16-5-3-2-4-6-16/h2-6,14-15,17H,7-13H2,1H3. The summed E-state index contributed by atoms with van der Waals surface area (Å²) in [6, 6.07) is 10.8. The van der Waals surface area contributed by atoms with Gasteiger partial charge in [-0.05, 0) is 30.7 Å². The van der Waals surface area contributed by atoms with Gasteiger partial charge in [-0.3, -0.25) is 0 Å². The molecule has 0 N–H and O–H groups in total. The molecule has 0 spiro atoms. The first kappa shape index (κ1) is 17.0. The van der Waals surface area contributed by atoms with Crippen molar-refractivity contribution in [3.8, 4) is 0 Å². The van der Waals surface area contributed by atoms with Gasteiger partial charge < -0.3 is 14.2 Å². The largest absolute Gasteiger partial charge is 0.383 e. The Morgan fingerprint density at radius 3 is 2.65 bits per heavy atom. The summed E-state index contributed by atoms with van der Waals surface area (Å²) in [4.78, 5) is 15.9. The van der Waals surface area contributed by atoms with Crippen LogP contribution in [0.15, 0.2) is 43.0 Å². The van der Waals surface area contributed by atoms with Crippen LogP contribution in [-0.2, 0) is 17.7 Å². The van der Waals surface area contributed by atoms with Gasteiger partial charge in [-0.1, -0.05) is 30.3 Å². The van der Waals surface area contributed by atoms with E-state index in [1.807, 2.05) is 10.9 Å². The van der Waals surface area contributed by atoms with Gasteiger partial charge in [0.2, 0.25) is 0 Å². The maximum atomic E-state index is 5.17. The molecule has 6 nitrogen and oxygen atoms in total. The SMILES string of the molecule is COCCn1cnc2c(N3CCC(Cc4ccccc4)CC3)ncnc21. The summed E-state index contributed by atoms with van der Waals surface area (Å²) in [5, 5.41) is 0. The molecule has 0 saturated carbocycles. The summed E-state index contributed by atoms with van der Waals surface area (Å²) < 4.78 is 7.20. The van der Waals surface area contributed by atoms with Crippen molar-refractivity contribution in [3.63, 3.8) is 0 Å². The summed E-state index contributed by atoms with van der Waals surface area (Å²) in [7, 11) is 1.71. The van der Waals surface area contributed by atoms with Crippen LogP contribution < -0.4 is 4.90 Å². The predicted octanol–water partition coefficient (Wildman–Crippen LogP) is 2.93. The fourth-order valence-electron chi connectivity index (χ4n) is 3.75. The Labute approximate surface area is 153 Å². The van der Waals surface area contributed by atoms with Gasteiger partial charge in [0.25, 0.3) is 0 Å². The van der Waals surface area contributed by atoms with E-state index >= 15 is 0 Å². The average Bonchev–Trinajstić information content (AvgIpc) is 3.11. The molecule has 0 aliphatic carbocycles. The van der Waals surface area contributed by atoms with E-state index in [9.17, 15) is 0 Å². The Bertz CT molecular complexity index is 840. The minimum absolute atomic E-state index is 0.648. The van der Waals surface area contributed by atoms with Crippen molar-refractivity contribution in [1.82, 2.24) is 19.5 Å². The van der Waals surface area contributed by atoms with Gasteiger partial charge in [0.05, 0.1) is 12.9 Å². The number of imidazole rings is 1. The number of fused-ring (bicyclic) bond motifs is 1. The molecule has 26 heavy (non-hydrogen) atoms. The lowest BCUT2D eigenvalue weighted by Crippen LogP contribution is -2.35. The molecule has 6 heteroatoms. The molecule has 0 bridgehead atoms. The smallest absolute Gasteiger partial charge is 0.165 e. The minimum Gasteiger partial charge on any atom is -0.383 e. The molecule has 4 rings (SSSR count). The molecule has 2 aromatic heterocycles. The van der Waals surface area contributed by atoms with Crippen LogP contribution >= 0.6 is 0 Å². The van der Waals surface area contributed by atoms with Crippen molar-refractivity contribution in [2.75, 3.05) is 31.7 Å². The highest BCUT2D eigenvalue weighted by Gasteiger charge is 2.23. The number of aromatic nitrogens is 4. The predicted molar refractivity (Wildman–Crippen MR) is 102 cm³/mol. The maximum Gasteiger partial charge on any atom is 0.165 e. The number of anilines is 1. The first-order valence-corrected chi connectivity index (χ1v) is 9.29. The van der Waals surface area contributed by atoms with E-state index in [4.69, 9.17) is 4.74 Å². The molecular weight excluding hydrogens is 326 g/mol. The Hall–Kier alpha value is -2.47. The van der Waals surface area contributed by atoms with Crippen molar-refractivity contribution in [1.29, 1.82) is 0 Å². The lowest BCUT2D eigenvalue weighted by atomic mass is 9.90. The molecule has 0 amide bonds. The van der Waals surface area contributed by atoms with Crippen molar-refractivity contribution in [2.45, 2.75) is 25.8 Å². The fraction of sp³-hybridized carbons (Fsp3) is 0.450. The normalized spacial score (nSPS) is 15.7. The number of benzene rings is 1. The molecule has 1 aromatic carbocycles. The highest BCUT2D eigenvalue weighted by atomic mass is 16.5. The quantitative estimate of drug-likeness (QED) is 0.683. The number of nitrogens with zero attached hydrogens (tertiary/aromatic N) is 5. The van der Waals surface area contributed by atoms with Crippen molar-refractivity contribution >= 4 is 17.0 Å². The Kier molecular flexibility index (Phi) is 5.11. The second kappa shape index (κ2) is 7.83. The molecule has 3 aromatic rings. The van der Waals surface area contributed by atoms with Crippen LogP contribution in [-0.4, -0.2) is 46.3 Å². The van der Waals surface area contributed by atoms with Crippen LogP contribution in [0, 0.1) is 5.92 Å². The molecule has 1 aliphatic heterocycles. The van der Waals surface area contributed by atoms with Gasteiger partial charge in [0.15, 0.2) is 17.0 Å². The second-order valence-corrected chi connectivity index (χ2v) is 6.92. The number of piperidine rings is 1. The zero-order valence-electron chi connectivity index (χ0n) is 15.2. The first-order valence-electron chi connectivity index (χ1n) is 9.29. The van der Waals surface area contributed by atoms with E-state index in [1.54, 1.807) is 13.4 Å². The van der Waals surface area contributed by atoms with Crippen LogP contribution in [0.4, 0.5) is 5.82 Å². The molecule has 0 radical (unpaired) electrons. The lowest BCUT2D eigenvalue weighted by molar-refractivity contribution is 0.188. The highest BCUT2D eigenvalue weighted by Crippen LogP contribution is 2.28. The molecule has 1 fully saturated rings. The molecular formula is C20H25N5O. The number of ether oxygens (including phenoxy) is 1. The average molecular weight is 351 g/mol. The highest BCUT2D eigenvalue weighted by molar-refractivity contribution is 5.83. The van der Waals surface area contributed by atoms with Gasteiger partial charge in [0, 0.05) is 26.7 Å². The number of hydrogen-bond donors (Lipinski definition) is 0. The van der Waals surface area contributed by atoms with E-state index < -0.39 is 0 Å². The number of methoxy groups -OCH3 is 1. The van der Waals surface area contributed by atoms with Gasteiger partial charge >= 0.3 is 0 Å². The first-order chi connectivity index (χ1) is 12.8. The Morgan fingerprint density at radius 2 is 1.88 bits per heavy atom. The van der Waals surface area contributed by atoms with Crippen LogP contribution in [0.3, 0.4) is 0 Å². The monoisotopic (exact) mass is 351 g/mol. The number of hydrogen-bond acceptors (Lipinski definition) is 5. The van der Waals surface area contributed by atoms with Gasteiger partial charge in [-0.25, -0.2) is 15.0 Å². The molecule has 0 unspecified atom stereocenters. The summed E-state index contributed by atoms with van der Waals surface area (Å²) >= 11 is 0. The summed E-state index contributed by atoms with van der Waals surface area (Å²) in [5.74, 6) is 1.70. The van der Waals surface area contributed by atoms with E-state index in [1.165, 1.54) is 24.8 Å². The third kappa shape index (κ3) is 3.55. The molecule has 1 saturated heterocycles. The zero-order valence-corrected chi connectivity index (χ0v) is 15.2. The van der Waals surface area contributed by atoms with E-state index in [2.05, 4.69) is 50.2 Å². The van der Waals surface area contributed by atoms with E-state index in [-0.39, 0.29) is 0 Å². The van der Waals surface area contributed by atoms with Crippen LogP contribution in [0.2, 0.25) is 0 Å². The molecule has 1 aliphatic rings. The Balaban J connectivity index is 1.45. The van der Waals surface area contributed by atoms with E-state index in [0.717, 1.165) is 42.5 Å². The third-order valence-electron chi connectivity index (χ3n) is 5.20. The van der Waals surface area contributed by atoms with Crippen LogP contribution in [0.1, 0.15) is 18.4 Å². The fourth-order valence-corrected chi connectivity index (χ4v) is 3.75. The topological polar surface area (TPSA) is 56.1 Å². The van der Waals surface area contributed by atoms with Gasteiger partial charge in [-0.2, -0.15) is 0 Å². The lowest BCUT2D eigenvalue weighted by Gasteiger charge is -2.32. The van der Waals surface area contributed by atoms with Crippen molar-refractivity contribution in [3.05, 3.63) is 48.5 Å². The van der Waals surface area contributed by atoms with Crippen LogP contribution in [0.5, 0.6) is 0 Å². The maximum absolute atomic E-state index is 5.17. The van der Waals surface area contributed by atoms with Gasteiger partial charge in [0.1, 0.15) is 6.33 Å². The Morgan fingerprint density at radius 1 is 1.08 bits per heavy atom. The van der Waals surface area contributed by atoms with Crippen molar-refractivity contribution < 1.29 is 4.74 Å². The van der Waals surface area contributed by atoms with Crippen molar-refractivity contribution in [2.24, 2.45) is 5.92 Å².